The number of fused-ring (bicyclic) bond motifs is 3. The topological polar surface area (TPSA) is 166 Å². The molecule has 0 aromatic heterocycles. The predicted molar refractivity (Wildman–Crippen MR) is 157 cm³/mol. The van der Waals surface area contributed by atoms with Crippen molar-refractivity contribution in [3.8, 4) is 11.5 Å². The number of nitrogens with two attached hydrogens (primary N) is 1. The van der Waals surface area contributed by atoms with E-state index in [1.165, 1.54) is 12.1 Å². The molecule has 5 N–H and O–H groups in total. The maximum absolute atomic E-state index is 13.6. The van der Waals surface area contributed by atoms with Crippen molar-refractivity contribution in [2.75, 3.05) is 0 Å². The molecule has 2 aliphatic carbocycles. The lowest BCUT2D eigenvalue weighted by Crippen LogP contribution is -2.53. The van der Waals surface area contributed by atoms with Gasteiger partial charge in [0, 0.05) is 54.0 Å². The fraction of sp³-hybridized carbons (Fsp3) is 0.382. The van der Waals surface area contributed by atoms with Gasteiger partial charge in [-0.15, -0.1) is 0 Å². The van der Waals surface area contributed by atoms with Gasteiger partial charge in [0.05, 0.1) is 36.0 Å². The lowest BCUT2D eigenvalue weighted by Gasteiger charge is -2.43. The van der Waals surface area contributed by atoms with E-state index in [-0.39, 0.29) is 59.1 Å². The summed E-state index contributed by atoms with van der Waals surface area (Å²) in [5.41, 5.74) is 5.02. The number of phenolic OH excluding ortho intramolecular Hbond substituents is 2. The summed E-state index contributed by atoms with van der Waals surface area (Å²) in [5.74, 6) is -2.87. The zero-order valence-corrected chi connectivity index (χ0v) is 24.5. The quantitative estimate of drug-likeness (QED) is 0.230. The molecule has 0 saturated carbocycles. The van der Waals surface area contributed by atoms with Gasteiger partial charge in [-0.05, 0) is 12.5 Å². The third-order valence-electron chi connectivity index (χ3n) is 8.93. The Balaban J connectivity index is 1.34. The number of hydrogen-bond acceptors (Lipinski definition) is 10. The first kappa shape index (κ1) is 30.1. The second kappa shape index (κ2) is 11.5. The molecule has 10 heteroatoms. The summed E-state index contributed by atoms with van der Waals surface area (Å²) in [6.07, 6.45) is -3.49. The van der Waals surface area contributed by atoms with E-state index in [1.54, 1.807) is 26.0 Å². The molecule has 0 spiro atoms. The second-order valence-electron chi connectivity index (χ2n) is 11.8. The first-order valence-electron chi connectivity index (χ1n) is 14.8. The number of benzene rings is 3. The Morgan fingerprint density at radius 2 is 1.61 bits per heavy atom. The summed E-state index contributed by atoms with van der Waals surface area (Å²) in [6.45, 7) is 3.75. The first-order valence-corrected chi connectivity index (χ1v) is 14.8. The molecule has 4 unspecified atom stereocenters. The SMILES string of the molecule is CCC(=O)[C@]1(O)Cc2c(O)c3c(c(O)c2[C@@H](OC2CC(N)C(OCc4ccccc4)C(C)O2)C1)C(=O)c1ccccc1C3=O. The summed E-state index contributed by atoms with van der Waals surface area (Å²) >= 11 is 0. The van der Waals surface area contributed by atoms with Gasteiger partial charge < -0.3 is 35.3 Å². The molecular formula is C34H35NO9. The number of Topliss-reactive ketones (excluding diaryl/α,β-unsaturated/α-hetero) is 1. The maximum Gasteiger partial charge on any atom is 0.198 e. The number of aromatic hydroxyl groups is 2. The smallest absolute Gasteiger partial charge is 0.198 e. The monoisotopic (exact) mass is 601 g/mol. The Kier molecular flexibility index (Phi) is 7.89. The van der Waals surface area contributed by atoms with Crippen molar-refractivity contribution in [1.82, 2.24) is 0 Å². The van der Waals surface area contributed by atoms with Crippen molar-refractivity contribution in [2.24, 2.45) is 5.73 Å². The minimum atomic E-state index is -1.96. The minimum Gasteiger partial charge on any atom is -0.507 e. The molecule has 44 heavy (non-hydrogen) atoms. The highest BCUT2D eigenvalue weighted by molar-refractivity contribution is 6.30. The van der Waals surface area contributed by atoms with E-state index < -0.39 is 65.1 Å². The Labute approximate surface area is 254 Å². The molecule has 6 rings (SSSR count). The number of carbonyl (C=O) groups is 3. The maximum atomic E-state index is 13.6. The van der Waals surface area contributed by atoms with Gasteiger partial charge in [0.1, 0.15) is 17.1 Å². The molecule has 1 heterocycles. The Morgan fingerprint density at radius 3 is 2.23 bits per heavy atom. The summed E-state index contributed by atoms with van der Waals surface area (Å²) in [7, 11) is 0. The fourth-order valence-electron chi connectivity index (χ4n) is 6.71. The van der Waals surface area contributed by atoms with E-state index in [1.807, 2.05) is 30.3 Å². The van der Waals surface area contributed by atoms with Crippen LogP contribution in [0.15, 0.2) is 54.6 Å². The van der Waals surface area contributed by atoms with Crippen molar-refractivity contribution in [2.45, 2.75) is 82.4 Å². The van der Waals surface area contributed by atoms with Crippen LogP contribution in [0, 0.1) is 0 Å². The zero-order chi connectivity index (χ0) is 31.3. The van der Waals surface area contributed by atoms with Gasteiger partial charge in [-0.1, -0.05) is 61.5 Å². The number of phenols is 2. The van der Waals surface area contributed by atoms with Crippen LogP contribution in [-0.2, 0) is 32.0 Å². The molecule has 0 amide bonds. The molecule has 10 nitrogen and oxygen atoms in total. The van der Waals surface area contributed by atoms with Gasteiger partial charge in [-0.25, -0.2) is 0 Å². The van der Waals surface area contributed by atoms with Gasteiger partial charge in [0.2, 0.25) is 0 Å². The first-order chi connectivity index (χ1) is 21.0. The average Bonchev–Trinajstić information content (AvgIpc) is 3.01. The molecule has 1 aliphatic heterocycles. The number of hydrogen-bond donors (Lipinski definition) is 4. The highest BCUT2D eigenvalue weighted by atomic mass is 16.7. The van der Waals surface area contributed by atoms with Crippen molar-refractivity contribution in [1.29, 1.82) is 0 Å². The van der Waals surface area contributed by atoms with Crippen LogP contribution >= 0.6 is 0 Å². The molecule has 1 fully saturated rings. The molecule has 0 radical (unpaired) electrons. The second-order valence-corrected chi connectivity index (χ2v) is 11.8. The molecular weight excluding hydrogens is 566 g/mol. The van der Waals surface area contributed by atoms with Crippen LogP contribution in [0.1, 0.15) is 87.7 Å². The highest BCUT2D eigenvalue weighted by Gasteiger charge is 2.49. The normalized spacial score (nSPS) is 27.8. The Bertz CT molecular complexity index is 1630. The number of aliphatic hydroxyl groups is 1. The third kappa shape index (κ3) is 5.02. The van der Waals surface area contributed by atoms with Crippen LogP contribution in [-0.4, -0.2) is 62.8 Å². The van der Waals surface area contributed by atoms with E-state index in [0.717, 1.165) is 5.56 Å². The van der Waals surface area contributed by atoms with Crippen molar-refractivity contribution in [3.63, 3.8) is 0 Å². The summed E-state index contributed by atoms with van der Waals surface area (Å²) in [4.78, 5) is 40.0. The van der Waals surface area contributed by atoms with Crippen LogP contribution in [0.2, 0.25) is 0 Å². The van der Waals surface area contributed by atoms with Crippen LogP contribution in [0.5, 0.6) is 11.5 Å². The molecule has 3 aromatic carbocycles. The van der Waals surface area contributed by atoms with Crippen molar-refractivity contribution in [3.05, 3.63) is 93.5 Å². The predicted octanol–water partition coefficient (Wildman–Crippen LogP) is 3.63. The minimum absolute atomic E-state index is 0.00327. The van der Waals surface area contributed by atoms with Gasteiger partial charge in [-0.2, -0.15) is 0 Å². The van der Waals surface area contributed by atoms with E-state index in [4.69, 9.17) is 19.9 Å². The van der Waals surface area contributed by atoms with Crippen LogP contribution < -0.4 is 5.73 Å². The van der Waals surface area contributed by atoms with Gasteiger partial charge in [0.15, 0.2) is 23.6 Å². The fourth-order valence-corrected chi connectivity index (χ4v) is 6.71. The summed E-state index contributed by atoms with van der Waals surface area (Å²) in [5, 5.41) is 34.6. The molecule has 3 aromatic rings. The van der Waals surface area contributed by atoms with Crippen LogP contribution in [0.4, 0.5) is 0 Å². The average molecular weight is 602 g/mol. The van der Waals surface area contributed by atoms with Gasteiger partial charge in [0.25, 0.3) is 0 Å². The molecule has 6 atom stereocenters. The molecule has 3 aliphatic rings. The third-order valence-corrected chi connectivity index (χ3v) is 8.93. The van der Waals surface area contributed by atoms with Crippen molar-refractivity contribution >= 4 is 17.3 Å². The van der Waals surface area contributed by atoms with Gasteiger partial charge >= 0.3 is 0 Å². The lowest BCUT2D eigenvalue weighted by atomic mass is 9.71. The number of ether oxygens (including phenoxy) is 3. The van der Waals surface area contributed by atoms with E-state index >= 15 is 0 Å². The van der Waals surface area contributed by atoms with Gasteiger partial charge in [-0.3, -0.25) is 14.4 Å². The van der Waals surface area contributed by atoms with E-state index in [9.17, 15) is 29.7 Å². The van der Waals surface area contributed by atoms with E-state index in [0.29, 0.717) is 6.61 Å². The lowest BCUT2D eigenvalue weighted by molar-refractivity contribution is -0.254. The standard InChI is InChI=1S/C34H35NO9/c1-3-24(36)34(41)14-21-26(32(40)28-27(31(21)39)29(37)19-11-7-8-12-20(19)30(28)38)23(15-34)44-25-13-22(35)33(17(2)43-25)42-16-18-9-5-4-6-10-18/h4-12,17,22-23,25,33,39-41H,3,13-16,35H2,1-2H3/t17?,22?,23-,25?,33?,34-/m0/s1. The van der Waals surface area contributed by atoms with E-state index in [2.05, 4.69) is 0 Å². The Morgan fingerprint density at radius 1 is 1.00 bits per heavy atom. The Hall–Kier alpha value is -3.93. The summed E-state index contributed by atoms with van der Waals surface area (Å²) < 4.78 is 18.5. The molecule has 0 bridgehead atoms. The highest BCUT2D eigenvalue weighted by Crippen LogP contribution is 2.52. The van der Waals surface area contributed by atoms with Crippen molar-refractivity contribution < 1.29 is 43.9 Å². The van der Waals surface area contributed by atoms with Crippen LogP contribution in [0.3, 0.4) is 0 Å². The number of ketones is 3. The molecule has 230 valence electrons. The summed E-state index contributed by atoms with van der Waals surface area (Å²) in [6, 6.07) is 15.3. The van der Waals surface area contributed by atoms with Crippen LogP contribution in [0.25, 0.3) is 0 Å². The largest absolute Gasteiger partial charge is 0.507 e. The number of rotatable bonds is 7. The number of carbonyl (C=O) groups excluding carboxylic acids is 3. The molecule has 1 saturated heterocycles. The zero-order valence-electron chi connectivity index (χ0n) is 24.5.